The smallest absolute Gasteiger partial charge is 0.219 e. The average molecular weight is 294 g/mol. The molecule has 0 aliphatic carbocycles. The van der Waals surface area contributed by atoms with E-state index in [4.69, 9.17) is 0 Å². The van der Waals surface area contributed by atoms with E-state index < -0.39 is 0 Å². The molecule has 0 aromatic heterocycles. The molecule has 2 saturated heterocycles. The Bertz CT molecular complexity index is 356. The zero-order chi connectivity index (χ0) is 15.6. The minimum Gasteiger partial charge on any atom is -0.342 e. The maximum absolute atomic E-state index is 11.6. The van der Waals surface area contributed by atoms with Crippen LogP contribution in [-0.4, -0.2) is 48.4 Å². The molecule has 2 aliphatic rings. The SMILES string of the molecule is CC(=O)N1CC[C@H](CN2CCC(C(C)C)CC2)C(C)(C)C1. The molecule has 0 N–H and O–H groups in total. The van der Waals surface area contributed by atoms with Crippen LogP contribution in [0.3, 0.4) is 0 Å². The monoisotopic (exact) mass is 294 g/mol. The third-order valence-corrected chi connectivity index (χ3v) is 5.95. The first-order chi connectivity index (χ1) is 9.79. The summed E-state index contributed by atoms with van der Waals surface area (Å²) < 4.78 is 0. The van der Waals surface area contributed by atoms with Gasteiger partial charge in [0.1, 0.15) is 0 Å². The average Bonchev–Trinajstić information content (AvgIpc) is 2.41. The molecule has 0 spiro atoms. The van der Waals surface area contributed by atoms with E-state index in [0.717, 1.165) is 37.3 Å². The Kier molecular flexibility index (Phi) is 5.34. The predicted molar refractivity (Wildman–Crippen MR) is 88.1 cm³/mol. The minimum atomic E-state index is 0.235. The lowest BCUT2D eigenvalue weighted by molar-refractivity contribution is -0.133. The predicted octanol–water partition coefficient (Wildman–Crippen LogP) is 3.25. The van der Waals surface area contributed by atoms with Crippen molar-refractivity contribution < 1.29 is 4.79 Å². The Hall–Kier alpha value is -0.570. The number of carbonyl (C=O) groups excluding carboxylic acids is 1. The quantitative estimate of drug-likeness (QED) is 0.798. The highest BCUT2D eigenvalue weighted by Crippen LogP contribution is 2.36. The maximum atomic E-state index is 11.6. The second-order valence-corrected chi connectivity index (χ2v) is 8.30. The van der Waals surface area contributed by atoms with Crippen LogP contribution >= 0.6 is 0 Å². The molecule has 2 heterocycles. The minimum absolute atomic E-state index is 0.235. The Morgan fingerprint density at radius 2 is 1.76 bits per heavy atom. The van der Waals surface area contributed by atoms with Gasteiger partial charge in [-0.05, 0) is 55.5 Å². The molecule has 21 heavy (non-hydrogen) atoms. The lowest BCUT2D eigenvalue weighted by atomic mass is 9.73. The fourth-order valence-corrected chi connectivity index (χ4v) is 4.12. The summed E-state index contributed by atoms with van der Waals surface area (Å²) in [5.41, 5.74) is 0.249. The fraction of sp³-hybridized carbons (Fsp3) is 0.944. The number of hydrogen-bond donors (Lipinski definition) is 0. The third kappa shape index (κ3) is 4.21. The number of carbonyl (C=O) groups is 1. The van der Waals surface area contributed by atoms with Crippen LogP contribution in [0.15, 0.2) is 0 Å². The van der Waals surface area contributed by atoms with Gasteiger partial charge in [-0.3, -0.25) is 4.79 Å². The molecule has 2 aliphatic heterocycles. The lowest BCUT2D eigenvalue weighted by Gasteiger charge is -2.46. The van der Waals surface area contributed by atoms with Crippen molar-refractivity contribution in [1.82, 2.24) is 9.80 Å². The second kappa shape index (κ2) is 6.68. The normalized spacial score (nSPS) is 28.1. The summed E-state index contributed by atoms with van der Waals surface area (Å²) in [7, 11) is 0. The van der Waals surface area contributed by atoms with Crippen LogP contribution in [0.2, 0.25) is 0 Å². The Morgan fingerprint density at radius 1 is 1.14 bits per heavy atom. The molecule has 1 amide bonds. The number of piperidine rings is 2. The molecule has 3 nitrogen and oxygen atoms in total. The van der Waals surface area contributed by atoms with Crippen molar-refractivity contribution in [1.29, 1.82) is 0 Å². The Morgan fingerprint density at radius 3 is 2.24 bits per heavy atom. The van der Waals surface area contributed by atoms with E-state index in [-0.39, 0.29) is 11.3 Å². The van der Waals surface area contributed by atoms with Crippen LogP contribution in [-0.2, 0) is 4.79 Å². The van der Waals surface area contributed by atoms with E-state index in [9.17, 15) is 4.79 Å². The molecule has 2 fully saturated rings. The van der Waals surface area contributed by atoms with Crippen LogP contribution < -0.4 is 0 Å². The zero-order valence-electron chi connectivity index (χ0n) is 14.7. The largest absolute Gasteiger partial charge is 0.342 e. The highest BCUT2D eigenvalue weighted by atomic mass is 16.2. The summed E-state index contributed by atoms with van der Waals surface area (Å²) in [6, 6.07) is 0. The van der Waals surface area contributed by atoms with E-state index in [0.29, 0.717) is 0 Å². The molecular formula is C18H34N2O. The standard InChI is InChI=1S/C18H34N2O/c1-14(2)16-6-9-19(10-7-16)12-17-8-11-20(15(3)21)13-18(17,4)5/h14,16-17H,6-13H2,1-5H3/t17-/m1/s1. The Labute approximate surface area is 131 Å². The third-order valence-electron chi connectivity index (χ3n) is 5.95. The highest BCUT2D eigenvalue weighted by molar-refractivity contribution is 5.73. The van der Waals surface area contributed by atoms with Crippen molar-refractivity contribution in [3.8, 4) is 0 Å². The molecule has 122 valence electrons. The fourth-order valence-electron chi connectivity index (χ4n) is 4.12. The van der Waals surface area contributed by atoms with Gasteiger partial charge in [-0.25, -0.2) is 0 Å². The highest BCUT2D eigenvalue weighted by Gasteiger charge is 2.37. The van der Waals surface area contributed by atoms with E-state index in [2.05, 4.69) is 32.6 Å². The number of amides is 1. The van der Waals surface area contributed by atoms with Gasteiger partial charge in [-0.15, -0.1) is 0 Å². The van der Waals surface area contributed by atoms with Gasteiger partial charge in [0, 0.05) is 26.6 Å². The zero-order valence-corrected chi connectivity index (χ0v) is 14.7. The van der Waals surface area contributed by atoms with Crippen molar-refractivity contribution in [2.24, 2.45) is 23.2 Å². The van der Waals surface area contributed by atoms with Crippen molar-refractivity contribution in [3.05, 3.63) is 0 Å². The van der Waals surface area contributed by atoms with Gasteiger partial charge < -0.3 is 9.80 Å². The van der Waals surface area contributed by atoms with Gasteiger partial charge in [0.2, 0.25) is 5.91 Å². The van der Waals surface area contributed by atoms with Gasteiger partial charge >= 0.3 is 0 Å². The van der Waals surface area contributed by atoms with Crippen LogP contribution in [0.1, 0.15) is 53.9 Å². The van der Waals surface area contributed by atoms with E-state index in [1.165, 1.54) is 32.5 Å². The number of hydrogen-bond acceptors (Lipinski definition) is 2. The van der Waals surface area contributed by atoms with Gasteiger partial charge in [-0.2, -0.15) is 0 Å². The molecule has 3 heteroatoms. The molecule has 0 aromatic carbocycles. The molecule has 0 saturated carbocycles. The van der Waals surface area contributed by atoms with Crippen LogP contribution in [0.4, 0.5) is 0 Å². The number of likely N-dealkylation sites (tertiary alicyclic amines) is 2. The summed E-state index contributed by atoms with van der Waals surface area (Å²) in [6.45, 7) is 16.7. The molecule has 0 radical (unpaired) electrons. The van der Waals surface area contributed by atoms with E-state index in [1.54, 1.807) is 6.92 Å². The van der Waals surface area contributed by atoms with Crippen molar-refractivity contribution in [2.45, 2.75) is 53.9 Å². The molecular weight excluding hydrogens is 260 g/mol. The van der Waals surface area contributed by atoms with Crippen molar-refractivity contribution in [3.63, 3.8) is 0 Å². The molecule has 1 atom stereocenters. The first-order valence-electron chi connectivity index (χ1n) is 8.77. The van der Waals surface area contributed by atoms with Crippen molar-refractivity contribution >= 4 is 5.91 Å². The summed E-state index contributed by atoms with van der Waals surface area (Å²) in [5, 5.41) is 0. The molecule has 2 rings (SSSR count). The van der Waals surface area contributed by atoms with Crippen LogP contribution in [0.25, 0.3) is 0 Å². The summed E-state index contributed by atoms with van der Waals surface area (Å²) >= 11 is 0. The first kappa shape index (κ1) is 16.8. The number of rotatable bonds is 3. The van der Waals surface area contributed by atoms with Gasteiger partial charge in [0.25, 0.3) is 0 Å². The van der Waals surface area contributed by atoms with Gasteiger partial charge in [0.15, 0.2) is 0 Å². The number of nitrogens with zero attached hydrogens (tertiary/aromatic N) is 2. The molecule has 0 bridgehead atoms. The van der Waals surface area contributed by atoms with Crippen LogP contribution in [0.5, 0.6) is 0 Å². The molecule has 0 unspecified atom stereocenters. The molecule has 0 aromatic rings. The van der Waals surface area contributed by atoms with E-state index >= 15 is 0 Å². The van der Waals surface area contributed by atoms with Crippen molar-refractivity contribution in [2.75, 3.05) is 32.7 Å². The van der Waals surface area contributed by atoms with Gasteiger partial charge in [0.05, 0.1) is 0 Å². The first-order valence-corrected chi connectivity index (χ1v) is 8.77. The van der Waals surface area contributed by atoms with Crippen LogP contribution in [0, 0.1) is 23.2 Å². The summed E-state index contributed by atoms with van der Waals surface area (Å²) in [4.78, 5) is 16.3. The Balaban J connectivity index is 1.85. The second-order valence-electron chi connectivity index (χ2n) is 8.30. The van der Waals surface area contributed by atoms with E-state index in [1.807, 2.05) is 4.90 Å². The maximum Gasteiger partial charge on any atom is 0.219 e. The lowest BCUT2D eigenvalue weighted by Crippen LogP contribution is -2.51. The summed E-state index contributed by atoms with van der Waals surface area (Å²) in [6.07, 6.45) is 3.89. The van der Waals surface area contributed by atoms with Gasteiger partial charge in [-0.1, -0.05) is 27.7 Å². The summed E-state index contributed by atoms with van der Waals surface area (Å²) in [5.74, 6) is 2.72. The topological polar surface area (TPSA) is 23.6 Å².